The number of hydrazone groups is 1. The summed E-state index contributed by atoms with van der Waals surface area (Å²) in [5.41, 5.74) is 1.44. The van der Waals surface area contributed by atoms with Crippen molar-refractivity contribution in [3.05, 3.63) is 84.1 Å². The summed E-state index contributed by atoms with van der Waals surface area (Å²) in [5, 5.41) is 5.88. The fourth-order valence-electron chi connectivity index (χ4n) is 2.32. The Kier molecular flexibility index (Phi) is 4.28. The highest BCUT2D eigenvalue weighted by Gasteiger charge is 2.22. The van der Waals surface area contributed by atoms with E-state index in [9.17, 15) is 9.18 Å². The van der Waals surface area contributed by atoms with Crippen molar-refractivity contribution in [3.63, 3.8) is 0 Å². The molecule has 26 heavy (non-hydrogen) atoms. The van der Waals surface area contributed by atoms with Crippen molar-refractivity contribution < 1.29 is 13.6 Å². The molecule has 2 aromatic carbocycles. The SMILES string of the molecule is O=C(c1ccco1)N(/N=C\c1ccc(F)cc1)c1nc2ccccc2s1. The van der Waals surface area contributed by atoms with Gasteiger partial charge in [-0.15, -0.1) is 0 Å². The van der Waals surface area contributed by atoms with Crippen LogP contribution in [0.1, 0.15) is 16.1 Å². The van der Waals surface area contributed by atoms with Gasteiger partial charge in [0.25, 0.3) is 0 Å². The third-order valence-corrected chi connectivity index (χ3v) is 4.59. The molecular weight excluding hydrogens is 353 g/mol. The second-order valence-electron chi connectivity index (χ2n) is 5.35. The lowest BCUT2D eigenvalue weighted by molar-refractivity contribution is 0.0961. The van der Waals surface area contributed by atoms with Crippen molar-refractivity contribution in [1.82, 2.24) is 4.98 Å². The van der Waals surface area contributed by atoms with Gasteiger partial charge in [0.2, 0.25) is 5.13 Å². The zero-order chi connectivity index (χ0) is 17.9. The fourth-order valence-corrected chi connectivity index (χ4v) is 3.24. The minimum Gasteiger partial charge on any atom is -0.459 e. The van der Waals surface area contributed by atoms with Crippen LogP contribution < -0.4 is 5.01 Å². The molecule has 0 fully saturated rings. The molecule has 5 nitrogen and oxygen atoms in total. The van der Waals surface area contributed by atoms with Crippen molar-refractivity contribution in [3.8, 4) is 0 Å². The van der Waals surface area contributed by atoms with Crippen molar-refractivity contribution in [2.45, 2.75) is 0 Å². The fraction of sp³-hybridized carbons (Fsp3) is 0. The molecule has 128 valence electrons. The van der Waals surface area contributed by atoms with Crippen molar-refractivity contribution in [2.24, 2.45) is 5.10 Å². The minimum absolute atomic E-state index is 0.153. The van der Waals surface area contributed by atoms with E-state index in [0.717, 1.165) is 10.2 Å². The largest absolute Gasteiger partial charge is 0.459 e. The summed E-state index contributed by atoms with van der Waals surface area (Å²) in [6.45, 7) is 0. The number of hydrogen-bond donors (Lipinski definition) is 0. The Morgan fingerprint density at radius 2 is 1.92 bits per heavy atom. The summed E-state index contributed by atoms with van der Waals surface area (Å²) in [5.74, 6) is -0.621. The van der Waals surface area contributed by atoms with Crippen LogP contribution in [0.5, 0.6) is 0 Å². The number of nitrogens with zero attached hydrogens (tertiary/aromatic N) is 3. The third-order valence-electron chi connectivity index (χ3n) is 3.58. The zero-order valence-corrected chi connectivity index (χ0v) is 14.2. The molecule has 4 aromatic rings. The molecule has 2 heterocycles. The van der Waals surface area contributed by atoms with Crippen LogP contribution in [0.15, 0.2) is 76.4 Å². The van der Waals surface area contributed by atoms with E-state index in [1.807, 2.05) is 24.3 Å². The van der Waals surface area contributed by atoms with E-state index >= 15 is 0 Å². The maximum atomic E-state index is 13.1. The normalized spacial score (nSPS) is 11.3. The molecular formula is C19H12FN3O2S. The van der Waals surface area contributed by atoms with Crippen LogP contribution in [-0.4, -0.2) is 17.1 Å². The molecule has 4 rings (SSSR count). The quantitative estimate of drug-likeness (QED) is 0.389. The van der Waals surface area contributed by atoms with Crippen LogP contribution in [-0.2, 0) is 0 Å². The van der Waals surface area contributed by atoms with E-state index in [1.165, 1.54) is 41.0 Å². The first-order valence-corrected chi connectivity index (χ1v) is 8.55. The van der Waals surface area contributed by atoms with Gasteiger partial charge in [-0.05, 0) is 42.0 Å². The lowest BCUT2D eigenvalue weighted by Crippen LogP contribution is -2.25. The molecule has 0 aliphatic rings. The van der Waals surface area contributed by atoms with Gasteiger partial charge in [-0.3, -0.25) is 4.79 Å². The topological polar surface area (TPSA) is 58.7 Å². The number of thiazole rings is 1. The third kappa shape index (κ3) is 3.25. The number of anilines is 1. The smallest absolute Gasteiger partial charge is 0.316 e. The van der Waals surface area contributed by atoms with E-state index < -0.39 is 5.91 Å². The zero-order valence-electron chi connectivity index (χ0n) is 13.4. The van der Waals surface area contributed by atoms with E-state index in [-0.39, 0.29) is 11.6 Å². The van der Waals surface area contributed by atoms with Crippen molar-refractivity contribution in [2.75, 3.05) is 5.01 Å². The monoisotopic (exact) mass is 365 g/mol. The van der Waals surface area contributed by atoms with E-state index in [2.05, 4.69) is 10.1 Å². The molecule has 1 amide bonds. The molecule has 0 spiro atoms. The van der Waals surface area contributed by atoms with Crippen molar-refractivity contribution in [1.29, 1.82) is 0 Å². The van der Waals surface area contributed by atoms with Crippen LogP contribution in [0, 0.1) is 5.82 Å². The molecule has 0 unspecified atom stereocenters. The Hall–Kier alpha value is -3.32. The summed E-state index contributed by atoms with van der Waals surface area (Å²) in [4.78, 5) is 17.3. The van der Waals surface area contributed by atoms with Crippen LogP contribution >= 0.6 is 11.3 Å². The number of carbonyl (C=O) groups excluding carboxylic acids is 1. The number of amides is 1. The van der Waals surface area contributed by atoms with Gasteiger partial charge in [0.05, 0.1) is 22.7 Å². The standard InChI is InChI=1S/C19H12FN3O2S/c20-14-9-7-13(8-10-14)12-21-23(18(24)16-5-3-11-25-16)19-22-15-4-1-2-6-17(15)26-19/h1-12H/b21-12-. The van der Waals surface area contributed by atoms with E-state index in [4.69, 9.17) is 4.42 Å². The predicted molar refractivity (Wildman–Crippen MR) is 99.1 cm³/mol. The Morgan fingerprint density at radius 1 is 1.12 bits per heavy atom. The van der Waals surface area contributed by atoms with Crippen LogP contribution in [0.4, 0.5) is 9.52 Å². The van der Waals surface area contributed by atoms with Crippen LogP contribution in [0.25, 0.3) is 10.2 Å². The van der Waals surface area contributed by atoms with Gasteiger partial charge in [-0.1, -0.05) is 35.6 Å². The van der Waals surface area contributed by atoms with Gasteiger partial charge >= 0.3 is 5.91 Å². The molecule has 0 N–H and O–H groups in total. The highest BCUT2D eigenvalue weighted by atomic mass is 32.1. The predicted octanol–water partition coefficient (Wildman–Crippen LogP) is 4.71. The van der Waals surface area contributed by atoms with Gasteiger partial charge in [0.1, 0.15) is 5.82 Å². The molecule has 0 aliphatic heterocycles. The number of para-hydroxylation sites is 1. The summed E-state index contributed by atoms with van der Waals surface area (Å²) in [6.07, 6.45) is 2.90. The average Bonchev–Trinajstić information content (AvgIpc) is 3.33. The van der Waals surface area contributed by atoms with Gasteiger partial charge in [0, 0.05) is 0 Å². The maximum Gasteiger partial charge on any atom is 0.316 e. The number of furan rings is 1. The average molecular weight is 365 g/mol. The molecule has 0 radical (unpaired) electrons. The molecule has 0 saturated carbocycles. The van der Waals surface area contributed by atoms with Crippen molar-refractivity contribution >= 4 is 38.8 Å². The Balaban J connectivity index is 1.73. The first kappa shape index (κ1) is 16.2. The van der Waals surface area contributed by atoms with Gasteiger partial charge in [0.15, 0.2) is 5.76 Å². The summed E-state index contributed by atoms with van der Waals surface area (Å²) < 4.78 is 19.2. The minimum atomic E-state index is -0.438. The van der Waals surface area contributed by atoms with E-state index in [1.54, 1.807) is 24.3 Å². The first-order chi connectivity index (χ1) is 12.7. The molecule has 7 heteroatoms. The molecule has 2 aromatic heterocycles. The number of rotatable bonds is 4. The first-order valence-electron chi connectivity index (χ1n) is 7.74. The number of aromatic nitrogens is 1. The lowest BCUT2D eigenvalue weighted by atomic mass is 10.2. The number of benzene rings is 2. The Morgan fingerprint density at radius 3 is 2.65 bits per heavy atom. The highest BCUT2D eigenvalue weighted by Crippen LogP contribution is 2.29. The lowest BCUT2D eigenvalue weighted by Gasteiger charge is -2.11. The number of halogens is 1. The summed E-state index contributed by atoms with van der Waals surface area (Å²) >= 11 is 1.35. The van der Waals surface area contributed by atoms with Crippen LogP contribution in [0.3, 0.4) is 0 Å². The number of fused-ring (bicyclic) bond motifs is 1. The van der Waals surface area contributed by atoms with Gasteiger partial charge < -0.3 is 4.42 Å². The maximum absolute atomic E-state index is 13.1. The Bertz CT molecular complexity index is 1040. The second-order valence-corrected chi connectivity index (χ2v) is 6.36. The Labute approximate surface area is 152 Å². The van der Waals surface area contributed by atoms with Gasteiger partial charge in [-0.2, -0.15) is 10.1 Å². The van der Waals surface area contributed by atoms with E-state index in [0.29, 0.717) is 10.7 Å². The summed E-state index contributed by atoms with van der Waals surface area (Å²) in [7, 11) is 0. The summed E-state index contributed by atoms with van der Waals surface area (Å²) in [6, 6.07) is 16.6. The number of carbonyl (C=O) groups is 1. The molecule has 0 atom stereocenters. The highest BCUT2D eigenvalue weighted by molar-refractivity contribution is 7.22. The molecule has 0 aliphatic carbocycles. The number of hydrogen-bond acceptors (Lipinski definition) is 5. The molecule has 0 bridgehead atoms. The second kappa shape index (κ2) is 6.89. The molecule has 0 saturated heterocycles. The van der Waals surface area contributed by atoms with Crippen LogP contribution in [0.2, 0.25) is 0 Å². The van der Waals surface area contributed by atoms with Gasteiger partial charge in [-0.25, -0.2) is 9.37 Å².